The van der Waals surface area contributed by atoms with Gasteiger partial charge in [0.1, 0.15) is 5.60 Å². The summed E-state index contributed by atoms with van der Waals surface area (Å²) in [5.41, 5.74) is 1.67. The highest BCUT2D eigenvalue weighted by Gasteiger charge is 2.54. The van der Waals surface area contributed by atoms with Gasteiger partial charge in [0.15, 0.2) is 0 Å². The quantitative estimate of drug-likeness (QED) is 0.368. The van der Waals surface area contributed by atoms with Crippen molar-refractivity contribution in [2.75, 3.05) is 0 Å². The van der Waals surface area contributed by atoms with Crippen LogP contribution in [0.5, 0.6) is 0 Å². The van der Waals surface area contributed by atoms with Gasteiger partial charge in [-0.25, -0.2) is 0 Å². The van der Waals surface area contributed by atoms with E-state index in [2.05, 4.69) is 0 Å². The van der Waals surface area contributed by atoms with Gasteiger partial charge in [0, 0.05) is 12.2 Å². The third-order valence-electron chi connectivity index (χ3n) is 3.13. The van der Waals surface area contributed by atoms with Gasteiger partial charge in [0.2, 0.25) is 0 Å². The predicted molar refractivity (Wildman–Crippen MR) is 59.4 cm³/mol. The van der Waals surface area contributed by atoms with Gasteiger partial charge in [-0.3, -0.25) is 10.1 Å². The van der Waals surface area contributed by atoms with Gasteiger partial charge in [0.05, 0.1) is 22.7 Å². The molecule has 0 bridgehead atoms. The van der Waals surface area contributed by atoms with E-state index in [0.717, 1.165) is 18.2 Å². The number of hydrogen-bond donors (Lipinski definition) is 4. The zero-order chi connectivity index (χ0) is 13.4. The molecule has 0 aromatic rings. The van der Waals surface area contributed by atoms with Crippen molar-refractivity contribution in [2.45, 2.75) is 37.2 Å². The number of allylic oxidation sites excluding steroid dienone is 1. The molecule has 1 aliphatic rings. The van der Waals surface area contributed by atoms with E-state index in [-0.39, 0.29) is 5.70 Å². The minimum Gasteiger partial charge on any atom is -0.391 e. The van der Waals surface area contributed by atoms with Crippen LogP contribution in [-0.4, -0.2) is 43.6 Å². The van der Waals surface area contributed by atoms with Gasteiger partial charge in [0.25, 0.3) is 5.70 Å². The van der Waals surface area contributed by atoms with Crippen LogP contribution in [0.1, 0.15) is 13.8 Å². The van der Waals surface area contributed by atoms with Crippen molar-refractivity contribution in [3.63, 3.8) is 0 Å². The molecular weight excluding hydrogens is 228 g/mol. The number of hydrogen-bond acceptors (Lipinski definition) is 6. The Labute approximate surface area is 98.0 Å². The first kappa shape index (κ1) is 13.8. The maximum Gasteiger partial charge on any atom is 0.268 e. The van der Waals surface area contributed by atoms with E-state index in [9.17, 15) is 25.4 Å². The molecule has 0 saturated heterocycles. The molecule has 0 aliphatic heterocycles. The molecule has 7 nitrogen and oxygen atoms in total. The van der Waals surface area contributed by atoms with Crippen molar-refractivity contribution in [1.82, 2.24) is 0 Å². The predicted octanol–water partition coefficient (Wildman–Crippen LogP) is -1.09. The van der Waals surface area contributed by atoms with Gasteiger partial charge < -0.3 is 21.1 Å². The molecule has 96 valence electrons. The van der Waals surface area contributed by atoms with Crippen LogP contribution in [0.3, 0.4) is 0 Å². The molecule has 0 fully saturated rings. The van der Waals surface area contributed by atoms with E-state index in [1.807, 2.05) is 0 Å². The molecule has 0 aromatic heterocycles. The first-order valence-electron chi connectivity index (χ1n) is 5.09. The third-order valence-corrected chi connectivity index (χ3v) is 3.13. The Hall–Kier alpha value is -1.28. The molecule has 0 saturated carbocycles. The van der Waals surface area contributed by atoms with E-state index in [1.54, 1.807) is 0 Å². The van der Waals surface area contributed by atoms with E-state index in [0.29, 0.717) is 0 Å². The summed E-state index contributed by atoms with van der Waals surface area (Å²) < 4.78 is 0. The highest BCUT2D eigenvalue weighted by molar-refractivity contribution is 5.36. The Kier molecular flexibility index (Phi) is 3.40. The lowest BCUT2D eigenvalue weighted by molar-refractivity contribution is -0.420. The Morgan fingerprint density at radius 2 is 1.94 bits per heavy atom. The monoisotopic (exact) mass is 244 g/mol. The molecule has 1 rings (SSSR count). The minimum atomic E-state index is -2.10. The van der Waals surface area contributed by atoms with Crippen molar-refractivity contribution >= 4 is 0 Å². The van der Waals surface area contributed by atoms with Crippen LogP contribution in [0, 0.1) is 10.1 Å². The molecule has 0 radical (unpaired) electrons. The fraction of sp³-hybridized carbons (Fsp3) is 0.600. The zero-order valence-corrected chi connectivity index (χ0v) is 9.57. The summed E-state index contributed by atoms with van der Waals surface area (Å²) in [4.78, 5) is 9.93. The van der Waals surface area contributed by atoms with Crippen LogP contribution in [0.15, 0.2) is 23.9 Å². The number of aliphatic hydroxyl groups is 3. The summed E-state index contributed by atoms with van der Waals surface area (Å²) in [6.45, 7) is 2.58. The van der Waals surface area contributed by atoms with Crippen LogP contribution < -0.4 is 5.73 Å². The molecule has 1 aliphatic carbocycles. The van der Waals surface area contributed by atoms with Crippen molar-refractivity contribution < 1.29 is 20.2 Å². The smallest absolute Gasteiger partial charge is 0.268 e. The molecule has 0 heterocycles. The summed E-state index contributed by atoms with van der Waals surface area (Å²) in [6.07, 6.45) is 0.543. The first-order chi connectivity index (χ1) is 7.65. The molecule has 4 unspecified atom stereocenters. The van der Waals surface area contributed by atoms with Gasteiger partial charge >= 0.3 is 0 Å². The molecule has 0 amide bonds. The highest BCUT2D eigenvalue weighted by atomic mass is 16.6. The maximum atomic E-state index is 10.6. The van der Waals surface area contributed by atoms with Crippen LogP contribution >= 0.6 is 0 Å². The summed E-state index contributed by atoms with van der Waals surface area (Å²) in [5, 5.41) is 40.1. The van der Waals surface area contributed by atoms with Crippen molar-refractivity contribution in [2.24, 2.45) is 5.73 Å². The molecule has 0 aromatic carbocycles. The average Bonchev–Trinajstić information content (AvgIpc) is 2.21. The largest absolute Gasteiger partial charge is 0.391 e. The standard InChI is InChI=1S/C10H16N2O5/c1-6(13)9(11)4-3-8(12(16)17)5-10(9,15)7(2)14/h3-7,13-15H,11H2,1-2H3. The highest BCUT2D eigenvalue weighted by Crippen LogP contribution is 2.34. The number of nitro groups is 1. The Morgan fingerprint density at radius 1 is 1.41 bits per heavy atom. The summed E-state index contributed by atoms with van der Waals surface area (Å²) in [7, 11) is 0. The Morgan fingerprint density at radius 3 is 2.29 bits per heavy atom. The van der Waals surface area contributed by atoms with E-state index in [4.69, 9.17) is 5.73 Å². The summed E-state index contributed by atoms with van der Waals surface area (Å²) >= 11 is 0. The van der Waals surface area contributed by atoms with Crippen molar-refractivity contribution in [3.05, 3.63) is 34.0 Å². The Balaban J connectivity index is 3.34. The lowest BCUT2D eigenvalue weighted by Crippen LogP contribution is -2.69. The summed E-state index contributed by atoms with van der Waals surface area (Å²) in [5.74, 6) is 0. The topological polar surface area (TPSA) is 130 Å². The number of rotatable bonds is 3. The normalized spacial score (nSPS) is 36.2. The molecule has 4 atom stereocenters. The van der Waals surface area contributed by atoms with Gasteiger partial charge in [-0.2, -0.15) is 0 Å². The SMILES string of the molecule is CC(O)C1(N)C=CC([N+](=O)[O-])=CC1(O)C(C)O. The van der Waals surface area contributed by atoms with Crippen LogP contribution in [-0.2, 0) is 0 Å². The fourth-order valence-electron chi connectivity index (χ4n) is 1.83. The lowest BCUT2D eigenvalue weighted by atomic mass is 9.70. The second-order valence-electron chi connectivity index (χ2n) is 4.27. The second kappa shape index (κ2) is 4.19. The van der Waals surface area contributed by atoms with E-state index >= 15 is 0 Å². The van der Waals surface area contributed by atoms with Crippen LogP contribution in [0.2, 0.25) is 0 Å². The molecule has 5 N–H and O–H groups in total. The van der Waals surface area contributed by atoms with Gasteiger partial charge in [-0.05, 0) is 13.8 Å². The summed E-state index contributed by atoms with van der Waals surface area (Å²) in [6, 6.07) is 0. The zero-order valence-electron chi connectivity index (χ0n) is 9.57. The molecular formula is C10H16N2O5. The van der Waals surface area contributed by atoms with E-state index < -0.39 is 28.3 Å². The first-order valence-corrected chi connectivity index (χ1v) is 5.09. The lowest BCUT2D eigenvalue weighted by Gasteiger charge is -2.45. The number of nitrogens with two attached hydrogens (primary N) is 1. The van der Waals surface area contributed by atoms with E-state index in [1.165, 1.54) is 13.8 Å². The Bertz CT molecular complexity index is 390. The third kappa shape index (κ3) is 1.98. The number of nitrogens with zero attached hydrogens (tertiary/aromatic N) is 1. The molecule has 17 heavy (non-hydrogen) atoms. The minimum absolute atomic E-state index is 0.380. The fourth-order valence-corrected chi connectivity index (χ4v) is 1.83. The second-order valence-corrected chi connectivity index (χ2v) is 4.27. The van der Waals surface area contributed by atoms with Crippen molar-refractivity contribution in [1.29, 1.82) is 0 Å². The van der Waals surface area contributed by atoms with Gasteiger partial charge in [-0.1, -0.05) is 6.08 Å². The van der Waals surface area contributed by atoms with Crippen LogP contribution in [0.25, 0.3) is 0 Å². The average molecular weight is 244 g/mol. The van der Waals surface area contributed by atoms with Gasteiger partial charge in [-0.15, -0.1) is 0 Å². The molecule has 0 spiro atoms. The van der Waals surface area contributed by atoms with Crippen molar-refractivity contribution in [3.8, 4) is 0 Å². The van der Waals surface area contributed by atoms with Crippen LogP contribution in [0.4, 0.5) is 0 Å². The number of aliphatic hydroxyl groups excluding tert-OH is 2. The maximum absolute atomic E-state index is 10.6. The molecule has 7 heteroatoms.